The van der Waals surface area contributed by atoms with Crippen LogP contribution in [0.1, 0.15) is 17.3 Å². The van der Waals surface area contributed by atoms with Gasteiger partial charge in [-0.2, -0.15) is 10.1 Å². The highest BCUT2D eigenvalue weighted by atomic mass is 35.5. The topological polar surface area (TPSA) is 101 Å². The van der Waals surface area contributed by atoms with Crippen LogP contribution in [0.5, 0.6) is 0 Å². The highest BCUT2D eigenvalue weighted by molar-refractivity contribution is 6.38. The van der Waals surface area contributed by atoms with Crippen LogP contribution in [0.4, 0.5) is 20.4 Å². The van der Waals surface area contributed by atoms with Crippen molar-refractivity contribution in [2.45, 2.75) is 6.92 Å². The van der Waals surface area contributed by atoms with Gasteiger partial charge in [0.25, 0.3) is 5.91 Å². The largest absolute Gasteiger partial charge is 0.352 e. The van der Waals surface area contributed by atoms with Gasteiger partial charge in [0.05, 0.1) is 28.0 Å². The zero-order valence-electron chi connectivity index (χ0n) is 15.9. The maximum Gasteiger partial charge on any atom is 0.251 e. The van der Waals surface area contributed by atoms with Crippen LogP contribution in [0.15, 0.2) is 30.5 Å². The van der Waals surface area contributed by atoms with Crippen LogP contribution >= 0.6 is 11.6 Å². The van der Waals surface area contributed by atoms with Gasteiger partial charge in [-0.05, 0) is 31.2 Å². The van der Waals surface area contributed by atoms with Gasteiger partial charge in [-0.3, -0.25) is 9.89 Å². The quantitative estimate of drug-likeness (QED) is 0.446. The Hall–Kier alpha value is -3.53. The highest BCUT2D eigenvalue weighted by Crippen LogP contribution is 2.32. The van der Waals surface area contributed by atoms with Crippen molar-refractivity contribution in [3.8, 4) is 11.4 Å². The van der Waals surface area contributed by atoms with Crippen molar-refractivity contribution in [3.63, 3.8) is 0 Å². The van der Waals surface area contributed by atoms with E-state index in [1.165, 1.54) is 4.68 Å². The van der Waals surface area contributed by atoms with Gasteiger partial charge in [0, 0.05) is 24.5 Å². The number of carbonyl (C=O) groups is 1. The number of aryl methyl sites for hydroxylation is 1. The van der Waals surface area contributed by atoms with Gasteiger partial charge in [-0.1, -0.05) is 11.6 Å². The first-order valence-corrected chi connectivity index (χ1v) is 9.34. The Kier molecular flexibility index (Phi) is 5.08. The fourth-order valence-corrected chi connectivity index (χ4v) is 3.24. The Morgan fingerprint density at radius 1 is 1.27 bits per heavy atom. The first-order valence-electron chi connectivity index (χ1n) is 8.96. The van der Waals surface area contributed by atoms with E-state index in [9.17, 15) is 13.6 Å². The number of carbonyl (C=O) groups excluding carboxylic acids is 1. The van der Waals surface area contributed by atoms with Crippen LogP contribution in [0.3, 0.4) is 0 Å². The molecule has 2 aromatic heterocycles. The molecule has 2 aromatic carbocycles. The van der Waals surface area contributed by atoms with Crippen LogP contribution in [0, 0.1) is 11.6 Å². The second kappa shape index (κ2) is 7.71. The van der Waals surface area contributed by atoms with Crippen LogP contribution < -0.4 is 10.6 Å². The van der Waals surface area contributed by atoms with Gasteiger partial charge < -0.3 is 10.6 Å². The fourth-order valence-electron chi connectivity index (χ4n) is 2.98. The molecule has 4 aromatic rings. The SMILES string of the molecule is CCNC(=O)c1cc(F)c(-c2nc(Nc3ccc4[nH]ncc4c3Cl)n(C)n2)c(F)c1. The number of halogens is 3. The van der Waals surface area contributed by atoms with Crippen molar-refractivity contribution in [1.29, 1.82) is 0 Å². The molecule has 4 rings (SSSR count). The standard InChI is InChI=1S/C19H16ClF2N7O/c1-3-23-18(30)9-6-11(21)15(12(22)7-9)17-26-19(29(2)28-17)25-14-5-4-13-10(16(14)20)8-24-27-13/h4-8H,3H2,1-2H3,(H,23,30)(H,24,27)(H,25,26,28). The molecule has 0 aliphatic rings. The lowest BCUT2D eigenvalue weighted by atomic mass is 10.1. The van der Waals surface area contributed by atoms with E-state index in [-0.39, 0.29) is 17.3 Å². The summed E-state index contributed by atoms with van der Waals surface area (Å²) >= 11 is 6.39. The first-order chi connectivity index (χ1) is 14.4. The fraction of sp³-hybridized carbons (Fsp3) is 0.158. The van der Waals surface area contributed by atoms with Crippen LogP contribution in [0.2, 0.25) is 5.02 Å². The molecule has 0 atom stereocenters. The third-order valence-electron chi connectivity index (χ3n) is 4.43. The van der Waals surface area contributed by atoms with Gasteiger partial charge in [0.1, 0.15) is 11.6 Å². The summed E-state index contributed by atoms with van der Waals surface area (Å²) in [6, 6.07) is 5.42. The predicted molar refractivity (Wildman–Crippen MR) is 109 cm³/mol. The first kappa shape index (κ1) is 19.8. The van der Waals surface area contributed by atoms with Crippen molar-refractivity contribution in [3.05, 3.63) is 52.7 Å². The molecule has 30 heavy (non-hydrogen) atoms. The Morgan fingerprint density at radius 3 is 2.70 bits per heavy atom. The number of nitrogens with zero attached hydrogens (tertiary/aromatic N) is 4. The number of H-pyrrole nitrogens is 1. The number of benzene rings is 2. The molecule has 8 nitrogen and oxygen atoms in total. The minimum absolute atomic E-state index is 0.120. The number of aromatic nitrogens is 5. The molecule has 0 saturated carbocycles. The molecule has 3 N–H and O–H groups in total. The molecule has 1 amide bonds. The summed E-state index contributed by atoms with van der Waals surface area (Å²) in [5.74, 6) is -2.39. The summed E-state index contributed by atoms with van der Waals surface area (Å²) in [5, 5.41) is 17.5. The smallest absolute Gasteiger partial charge is 0.251 e. The number of nitrogens with one attached hydrogen (secondary N) is 3. The van der Waals surface area contributed by atoms with Crippen LogP contribution in [-0.2, 0) is 7.05 Å². The molecule has 0 saturated heterocycles. The second-order valence-corrected chi connectivity index (χ2v) is 6.82. The molecule has 0 unspecified atom stereocenters. The number of fused-ring (bicyclic) bond motifs is 1. The van der Waals surface area contributed by atoms with Gasteiger partial charge >= 0.3 is 0 Å². The van der Waals surface area contributed by atoms with E-state index >= 15 is 0 Å². The average Bonchev–Trinajstić information content (AvgIpc) is 3.31. The molecule has 0 bridgehead atoms. The molecule has 0 spiro atoms. The molecular weight excluding hydrogens is 416 g/mol. The number of hydrogen-bond donors (Lipinski definition) is 3. The van der Waals surface area contributed by atoms with E-state index in [0.29, 0.717) is 22.6 Å². The predicted octanol–water partition coefficient (Wildman–Crippen LogP) is 3.78. The van der Waals surface area contributed by atoms with Gasteiger partial charge in [-0.25, -0.2) is 13.5 Å². The van der Waals surface area contributed by atoms with E-state index < -0.39 is 23.1 Å². The van der Waals surface area contributed by atoms with Gasteiger partial charge in [0.2, 0.25) is 5.95 Å². The van der Waals surface area contributed by atoms with Crippen molar-refractivity contribution >= 4 is 40.0 Å². The van der Waals surface area contributed by atoms with E-state index in [2.05, 4.69) is 30.9 Å². The monoisotopic (exact) mass is 431 g/mol. The minimum Gasteiger partial charge on any atom is -0.352 e. The number of hydrogen-bond acceptors (Lipinski definition) is 5. The number of rotatable bonds is 5. The lowest BCUT2D eigenvalue weighted by Gasteiger charge is -2.07. The van der Waals surface area contributed by atoms with Crippen LogP contribution in [0.25, 0.3) is 22.3 Å². The zero-order chi connectivity index (χ0) is 21.4. The number of anilines is 2. The summed E-state index contributed by atoms with van der Waals surface area (Å²) in [7, 11) is 1.57. The molecular formula is C19H16ClF2N7O. The summed E-state index contributed by atoms with van der Waals surface area (Å²) in [6.07, 6.45) is 1.59. The maximum atomic E-state index is 14.6. The lowest BCUT2D eigenvalue weighted by Crippen LogP contribution is -2.23. The number of aromatic amines is 1. The van der Waals surface area contributed by atoms with E-state index in [1.54, 1.807) is 32.3 Å². The average molecular weight is 432 g/mol. The van der Waals surface area contributed by atoms with Gasteiger partial charge in [-0.15, -0.1) is 5.10 Å². The third-order valence-corrected chi connectivity index (χ3v) is 4.84. The van der Waals surface area contributed by atoms with Gasteiger partial charge in [0.15, 0.2) is 5.82 Å². The maximum absolute atomic E-state index is 14.6. The molecule has 0 aliphatic carbocycles. The molecule has 0 fully saturated rings. The molecule has 11 heteroatoms. The van der Waals surface area contributed by atoms with Crippen molar-refractivity contribution < 1.29 is 13.6 Å². The van der Waals surface area contributed by atoms with Crippen LogP contribution in [-0.4, -0.2) is 37.4 Å². The highest BCUT2D eigenvalue weighted by Gasteiger charge is 2.21. The van der Waals surface area contributed by atoms with E-state index in [1.807, 2.05) is 0 Å². The van der Waals surface area contributed by atoms with E-state index in [0.717, 1.165) is 17.6 Å². The van der Waals surface area contributed by atoms with E-state index in [4.69, 9.17) is 11.6 Å². The molecule has 154 valence electrons. The summed E-state index contributed by atoms with van der Waals surface area (Å²) in [5.41, 5.74) is 0.744. The summed E-state index contributed by atoms with van der Waals surface area (Å²) in [6.45, 7) is 2.05. The second-order valence-electron chi connectivity index (χ2n) is 6.44. The normalized spacial score (nSPS) is 11.1. The molecule has 0 aliphatic heterocycles. The number of amides is 1. The molecule has 0 radical (unpaired) electrons. The van der Waals surface area contributed by atoms with Crippen molar-refractivity contribution in [2.75, 3.05) is 11.9 Å². The minimum atomic E-state index is -0.939. The van der Waals surface area contributed by atoms with Crippen molar-refractivity contribution in [2.24, 2.45) is 7.05 Å². The summed E-state index contributed by atoms with van der Waals surface area (Å²) in [4.78, 5) is 16.0. The lowest BCUT2D eigenvalue weighted by molar-refractivity contribution is 0.0955. The Morgan fingerprint density at radius 2 is 2.00 bits per heavy atom. The molecule has 2 heterocycles. The Balaban J connectivity index is 1.68. The van der Waals surface area contributed by atoms with Crippen molar-refractivity contribution in [1.82, 2.24) is 30.3 Å². The third kappa shape index (κ3) is 3.45. The Bertz CT molecular complexity index is 1240. The zero-order valence-corrected chi connectivity index (χ0v) is 16.7. The summed E-state index contributed by atoms with van der Waals surface area (Å²) < 4.78 is 30.5. The Labute approximate surface area is 174 Å².